The van der Waals surface area contributed by atoms with Crippen molar-refractivity contribution in [3.63, 3.8) is 0 Å². The Labute approximate surface area is 70.8 Å². The van der Waals surface area contributed by atoms with Crippen LogP contribution in [0.3, 0.4) is 0 Å². The Morgan fingerprint density at radius 1 is 1.67 bits per heavy atom. The molecule has 0 bridgehead atoms. The Kier molecular flexibility index (Phi) is 6.28. The lowest BCUT2D eigenvalue weighted by Crippen LogP contribution is -1.98. The summed E-state index contributed by atoms with van der Waals surface area (Å²) < 4.78 is 16.6. The minimum Gasteiger partial charge on any atom is -0.469 e. The van der Waals surface area contributed by atoms with Crippen LogP contribution in [0, 0.1) is 0 Å². The van der Waals surface area contributed by atoms with Crippen molar-refractivity contribution in [1.82, 2.24) is 0 Å². The van der Waals surface area contributed by atoms with Crippen molar-refractivity contribution < 1.29 is 19.0 Å². The topological polar surface area (TPSA) is 46.5 Å². The van der Waals surface area contributed by atoms with E-state index in [2.05, 4.69) is 4.74 Å². The molecule has 70 valence electrons. The molecule has 0 aromatic rings. The quantitative estimate of drug-likeness (QED) is 0.505. The molecule has 1 N–H and O–H groups in total. The number of allylic oxidation sites excluding steroid dienone is 1. The van der Waals surface area contributed by atoms with Crippen LogP contribution in [0.15, 0.2) is 11.9 Å². The smallest absolute Gasteiger partial charge is 0.305 e. The second kappa shape index (κ2) is 6.79. The summed E-state index contributed by atoms with van der Waals surface area (Å²) in [6.07, 6.45) is 2.54. The maximum Gasteiger partial charge on any atom is 0.305 e. The molecular formula is C8H13FO3. The Balaban J connectivity index is 3.38. The summed E-state index contributed by atoms with van der Waals surface area (Å²) in [5, 5.41) is 8.25. The Bertz CT molecular complexity index is 166. The number of methoxy groups -OCH3 is 1. The molecule has 0 aliphatic carbocycles. The first kappa shape index (κ1) is 11.1. The van der Waals surface area contributed by atoms with Crippen molar-refractivity contribution in [2.45, 2.75) is 19.3 Å². The molecule has 0 aromatic carbocycles. The molecule has 0 fully saturated rings. The fourth-order valence-corrected chi connectivity index (χ4v) is 0.672. The number of carbonyl (C=O) groups excluding carboxylic acids is 1. The van der Waals surface area contributed by atoms with Crippen molar-refractivity contribution in [2.24, 2.45) is 0 Å². The third-order valence-corrected chi connectivity index (χ3v) is 1.33. The highest BCUT2D eigenvalue weighted by atomic mass is 19.1. The SMILES string of the molecule is COC(=O)CCC/C=C(/F)CO. The van der Waals surface area contributed by atoms with E-state index in [0.29, 0.717) is 12.8 Å². The second-order valence-corrected chi connectivity index (χ2v) is 2.28. The average molecular weight is 176 g/mol. The van der Waals surface area contributed by atoms with E-state index in [9.17, 15) is 9.18 Å². The molecule has 0 saturated heterocycles. The molecule has 0 spiro atoms. The number of aliphatic hydroxyl groups excluding tert-OH is 1. The van der Waals surface area contributed by atoms with Gasteiger partial charge in [0.1, 0.15) is 5.83 Å². The van der Waals surface area contributed by atoms with Gasteiger partial charge in [-0.05, 0) is 12.8 Å². The molecule has 0 aromatic heterocycles. The van der Waals surface area contributed by atoms with E-state index in [1.165, 1.54) is 13.2 Å². The summed E-state index contributed by atoms with van der Waals surface area (Å²) in [4.78, 5) is 10.5. The fourth-order valence-electron chi connectivity index (χ4n) is 0.672. The number of rotatable bonds is 5. The van der Waals surface area contributed by atoms with E-state index in [0.717, 1.165) is 0 Å². The van der Waals surface area contributed by atoms with Crippen molar-refractivity contribution in [2.75, 3.05) is 13.7 Å². The van der Waals surface area contributed by atoms with Gasteiger partial charge in [0.05, 0.1) is 13.7 Å². The molecule has 0 unspecified atom stereocenters. The minimum absolute atomic E-state index is 0.283. The number of hydrogen-bond acceptors (Lipinski definition) is 3. The normalized spacial score (nSPS) is 11.4. The Morgan fingerprint density at radius 3 is 2.83 bits per heavy atom. The van der Waals surface area contributed by atoms with Crippen molar-refractivity contribution in [1.29, 1.82) is 0 Å². The number of carbonyl (C=O) groups is 1. The number of halogens is 1. The molecule has 0 saturated carbocycles. The second-order valence-electron chi connectivity index (χ2n) is 2.28. The van der Waals surface area contributed by atoms with Crippen LogP contribution in [0.2, 0.25) is 0 Å². The van der Waals surface area contributed by atoms with E-state index >= 15 is 0 Å². The number of ether oxygens (including phenoxy) is 1. The van der Waals surface area contributed by atoms with Gasteiger partial charge in [-0.1, -0.05) is 6.08 Å². The van der Waals surface area contributed by atoms with Gasteiger partial charge < -0.3 is 9.84 Å². The van der Waals surface area contributed by atoms with Gasteiger partial charge >= 0.3 is 5.97 Å². The van der Waals surface area contributed by atoms with Gasteiger partial charge in [0.25, 0.3) is 0 Å². The fraction of sp³-hybridized carbons (Fsp3) is 0.625. The van der Waals surface area contributed by atoms with Crippen molar-refractivity contribution in [3.8, 4) is 0 Å². The summed E-state index contributed by atoms with van der Waals surface area (Å²) in [5.74, 6) is -0.854. The van der Waals surface area contributed by atoms with Crippen LogP contribution in [0.4, 0.5) is 4.39 Å². The highest BCUT2D eigenvalue weighted by molar-refractivity contribution is 5.68. The molecule has 0 atom stereocenters. The van der Waals surface area contributed by atoms with E-state index < -0.39 is 12.4 Å². The van der Waals surface area contributed by atoms with E-state index in [-0.39, 0.29) is 12.4 Å². The lowest BCUT2D eigenvalue weighted by atomic mass is 10.2. The highest BCUT2D eigenvalue weighted by Gasteiger charge is 1.98. The Morgan fingerprint density at radius 2 is 2.33 bits per heavy atom. The van der Waals surface area contributed by atoms with Crippen molar-refractivity contribution >= 4 is 5.97 Å². The minimum atomic E-state index is -0.571. The van der Waals surface area contributed by atoms with Gasteiger partial charge in [0.15, 0.2) is 0 Å². The molecule has 12 heavy (non-hydrogen) atoms. The first-order valence-corrected chi connectivity index (χ1v) is 3.73. The lowest BCUT2D eigenvalue weighted by Gasteiger charge is -1.95. The van der Waals surface area contributed by atoms with Crippen LogP contribution in [0.25, 0.3) is 0 Å². The largest absolute Gasteiger partial charge is 0.469 e. The maximum atomic E-state index is 12.2. The van der Waals surface area contributed by atoms with Crippen LogP contribution >= 0.6 is 0 Å². The number of esters is 1. The van der Waals surface area contributed by atoms with Crippen LogP contribution in [-0.4, -0.2) is 24.8 Å². The first-order valence-electron chi connectivity index (χ1n) is 3.73. The monoisotopic (exact) mass is 176 g/mol. The summed E-state index contributed by atoms with van der Waals surface area (Å²) in [7, 11) is 1.31. The van der Waals surface area contributed by atoms with Crippen LogP contribution < -0.4 is 0 Å². The maximum absolute atomic E-state index is 12.2. The highest BCUT2D eigenvalue weighted by Crippen LogP contribution is 2.02. The molecular weight excluding hydrogens is 163 g/mol. The first-order chi connectivity index (χ1) is 5.70. The van der Waals surface area contributed by atoms with Gasteiger partial charge in [-0.2, -0.15) is 0 Å². The molecule has 0 radical (unpaired) electrons. The van der Waals surface area contributed by atoms with Gasteiger partial charge in [-0.25, -0.2) is 4.39 Å². The number of aliphatic hydroxyl groups is 1. The molecule has 0 rings (SSSR count). The Hall–Kier alpha value is -0.900. The molecule has 0 aliphatic heterocycles. The van der Waals surface area contributed by atoms with Gasteiger partial charge in [0, 0.05) is 6.42 Å². The van der Waals surface area contributed by atoms with Gasteiger partial charge in [-0.3, -0.25) is 4.79 Å². The molecule has 0 amide bonds. The van der Waals surface area contributed by atoms with E-state index in [1.54, 1.807) is 0 Å². The summed E-state index contributed by atoms with van der Waals surface area (Å²) in [5.41, 5.74) is 0. The molecule has 0 aliphatic rings. The predicted molar refractivity (Wildman–Crippen MR) is 42.1 cm³/mol. The van der Waals surface area contributed by atoms with Crippen molar-refractivity contribution in [3.05, 3.63) is 11.9 Å². The van der Waals surface area contributed by atoms with E-state index in [4.69, 9.17) is 5.11 Å². The zero-order valence-electron chi connectivity index (χ0n) is 7.05. The summed E-state index contributed by atoms with van der Waals surface area (Å²) in [6, 6.07) is 0. The zero-order chi connectivity index (χ0) is 9.40. The standard InChI is InChI=1S/C8H13FO3/c1-12-8(11)5-3-2-4-7(9)6-10/h4,10H,2-3,5-6H2,1H3/b7-4+. The number of unbranched alkanes of at least 4 members (excludes halogenated alkanes) is 1. The number of hydrogen-bond donors (Lipinski definition) is 1. The van der Waals surface area contributed by atoms with E-state index in [1.807, 2.05) is 0 Å². The predicted octanol–water partition coefficient (Wildman–Crippen LogP) is 1.18. The lowest BCUT2D eigenvalue weighted by molar-refractivity contribution is -0.140. The zero-order valence-corrected chi connectivity index (χ0v) is 7.05. The van der Waals surface area contributed by atoms with Gasteiger partial charge in [0.2, 0.25) is 0 Å². The third-order valence-electron chi connectivity index (χ3n) is 1.33. The third kappa shape index (κ3) is 5.85. The summed E-state index contributed by atoms with van der Waals surface area (Å²) in [6.45, 7) is -0.571. The van der Waals surface area contributed by atoms with Gasteiger partial charge in [-0.15, -0.1) is 0 Å². The molecule has 3 nitrogen and oxygen atoms in total. The summed E-state index contributed by atoms with van der Waals surface area (Å²) >= 11 is 0. The molecule has 0 heterocycles. The average Bonchev–Trinajstić information content (AvgIpc) is 2.11. The van der Waals surface area contributed by atoms with Crippen LogP contribution in [0.5, 0.6) is 0 Å². The van der Waals surface area contributed by atoms with Crippen LogP contribution in [0.1, 0.15) is 19.3 Å². The van der Waals surface area contributed by atoms with Crippen LogP contribution in [-0.2, 0) is 9.53 Å². The molecule has 4 heteroatoms.